The van der Waals surface area contributed by atoms with Crippen LogP contribution in [0.1, 0.15) is 49.1 Å². The van der Waals surface area contributed by atoms with Gasteiger partial charge in [0.2, 0.25) is 0 Å². The predicted octanol–water partition coefficient (Wildman–Crippen LogP) is 3.24. The van der Waals surface area contributed by atoms with Gasteiger partial charge in [0.1, 0.15) is 5.67 Å². The minimum Gasteiger partial charge on any atom is -0.327 e. The average Bonchev–Trinajstić information content (AvgIpc) is 2.13. The summed E-state index contributed by atoms with van der Waals surface area (Å²) in [6.45, 7) is 0. The molecule has 0 spiro atoms. The van der Waals surface area contributed by atoms with Gasteiger partial charge >= 0.3 is 0 Å². The molecule has 0 radical (unpaired) electrons. The third-order valence-electron chi connectivity index (χ3n) is 4.16. The summed E-state index contributed by atoms with van der Waals surface area (Å²) < 4.78 is 14.6. The van der Waals surface area contributed by atoms with Crippen molar-refractivity contribution in [3.05, 3.63) is 35.4 Å². The average molecular weight is 219 g/mol. The van der Waals surface area contributed by atoms with E-state index >= 15 is 0 Å². The van der Waals surface area contributed by atoms with Gasteiger partial charge in [0, 0.05) is 18.9 Å². The number of alkyl halides is 1. The van der Waals surface area contributed by atoms with Gasteiger partial charge in [-0.05, 0) is 29.9 Å². The molecule has 1 aromatic rings. The Kier molecular flexibility index (Phi) is 2.28. The molecule has 0 aliphatic heterocycles. The molecule has 0 amide bonds. The molecule has 3 rings (SSSR count). The van der Waals surface area contributed by atoms with E-state index in [-0.39, 0.29) is 6.04 Å². The van der Waals surface area contributed by atoms with Crippen LogP contribution in [-0.4, -0.2) is 6.04 Å². The van der Waals surface area contributed by atoms with Gasteiger partial charge < -0.3 is 5.73 Å². The minimum atomic E-state index is -1.13. The lowest BCUT2D eigenvalue weighted by Crippen LogP contribution is -2.46. The van der Waals surface area contributed by atoms with Crippen molar-refractivity contribution in [3.8, 4) is 0 Å². The van der Waals surface area contributed by atoms with Gasteiger partial charge in [-0.25, -0.2) is 4.39 Å². The topological polar surface area (TPSA) is 26.0 Å². The van der Waals surface area contributed by atoms with E-state index < -0.39 is 5.67 Å². The molecule has 0 bridgehead atoms. The van der Waals surface area contributed by atoms with Crippen LogP contribution in [0.2, 0.25) is 0 Å². The summed E-state index contributed by atoms with van der Waals surface area (Å²) in [6, 6.07) is 8.09. The van der Waals surface area contributed by atoms with Gasteiger partial charge in [-0.15, -0.1) is 0 Å². The van der Waals surface area contributed by atoms with E-state index in [0.29, 0.717) is 18.8 Å². The Balaban J connectivity index is 1.93. The van der Waals surface area contributed by atoms with E-state index in [1.54, 1.807) is 0 Å². The van der Waals surface area contributed by atoms with Crippen LogP contribution in [0.15, 0.2) is 24.3 Å². The van der Waals surface area contributed by atoms with Gasteiger partial charge in [0.15, 0.2) is 0 Å². The van der Waals surface area contributed by atoms with Crippen molar-refractivity contribution in [1.82, 2.24) is 0 Å². The van der Waals surface area contributed by atoms with Crippen LogP contribution in [0.25, 0.3) is 0 Å². The zero-order valence-corrected chi connectivity index (χ0v) is 9.45. The minimum absolute atomic E-state index is 0.0550. The number of halogens is 1. The first-order chi connectivity index (χ1) is 7.69. The molecule has 1 nitrogen and oxygen atoms in total. The fraction of sp³-hybridized carbons (Fsp3) is 0.571. The smallest absolute Gasteiger partial charge is 0.139 e. The molecule has 2 aliphatic carbocycles. The van der Waals surface area contributed by atoms with Crippen molar-refractivity contribution in [3.63, 3.8) is 0 Å². The largest absolute Gasteiger partial charge is 0.327 e. The highest BCUT2D eigenvalue weighted by Crippen LogP contribution is 2.49. The molecule has 2 fully saturated rings. The molecule has 0 unspecified atom stereocenters. The summed E-state index contributed by atoms with van der Waals surface area (Å²) in [6.07, 6.45) is 4.73. The van der Waals surface area contributed by atoms with Gasteiger partial charge in [-0.1, -0.05) is 30.7 Å². The molecule has 16 heavy (non-hydrogen) atoms. The number of benzene rings is 1. The molecule has 0 atom stereocenters. The monoisotopic (exact) mass is 219 g/mol. The highest BCUT2D eigenvalue weighted by Gasteiger charge is 2.46. The lowest BCUT2D eigenvalue weighted by molar-refractivity contribution is 0.0388. The first-order valence-corrected chi connectivity index (χ1v) is 6.23. The Bertz CT molecular complexity index is 391. The van der Waals surface area contributed by atoms with Gasteiger partial charge in [0.25, 0.3) is 0 Å². The van der Waals surface area contributed by atoms with Crippen LogP contribution in [-0.2, 0) is 5.67 Å². The van der Waals surface area contributed by atoms with Gasteiger partial charge in [0.05, 0.1) is 0 Å². The van der Waals surface area contributed by atoms with Crippen LogP contribution in [0.5, 0.6) is 0 Å². The summed E-state index contributed by atoms with van der Waals surface area (Å²) in [5, 5.41) is 0. The van der Waals surface area contributed by atoms with Crippen molar-refractivity contribution >= 4 is 0 Å². The van der Waals surface area contributed by atoms with E-state index in [1.165, 1.54) is 24.8 Å². The predicted molar refractivity (Wildman–Crippen MR) is 63.0 cm³/mol. The molecule has 1 aromatic carbocycles. The van der Waals surface area contributed by atoms with Crippen molar-refractivity contribution in [2.24, 2.45) is 5.73 Å². The second-order valence-corrected chi connectivity index (χ2v) is 5.35. The normalized spacial score (nSPS) is 34.2. The number of hydrogen-bond donors (Lipinski definition) is 1. The lowest BCUT2D eigenvalue weighted by atomic mass is 9.68. The quantitative estimate of drug-likeness (QED) is 0.812. The number of rotatable bonds is 2. The molecule has 86 valence electrons. The second-order valence-electron chi connectivity index (χ2n) is 5.35. The highest BCUT2D eigenvalue weighted by molar-refractivity contribution is 5.38. The third-order valence-corrected chi connectivity index (χ3v) is 4.16. The molecule has 2 heteroatoms. The van der Waals surface area contributed by atoms with Crippen molar-refractivity contribution in [2.45, 2.75) is 49.7 Å². The van der Waals surface area contributed by atoms with Crippen LogP contribution in [0, 0.1) is 0 Å². The highest BCUT2D eigenvalue weighted by atomic mass is 19.1. The Hall–Kier alpha value is -0.890. The fourth-order valence-corrected chi connectivity index (χ4v) is 2.97. The first kappa shape index (κ1) is 10.3. The van der Waals surface area contributed by atoms with E-state index in [9.17, 15) is 4.39 Å². The molecular formula is C14H18FN. The first-order valence-electron chi connectivity index (χ1n) is 6.23. The van der Waals surface area contributed by atoms with E-state index in [2.05, 4.69) is 6.07 Å². The zero-order valence-electron chi connectivity index (χ0n) is 9.45. The van der Waals surface area contributed by atoms with Crippen molar-refractivity contribution in [1.29, 1.82) is 0 Å². The zero-order chi connectivity index (χ0) is 11.2. The van der Waals surface area contributed by atoms with Crippen LogP contribution < -0.4 is 5.73 Å². The lowest BCUT2D eigenvalue weighted by Gasteiger charge is -2.42. The van der Waals surface area contributed by atoms with Gasteiger partial charge in [-0.2, -0.15) is 0 Å². The Morgan fingerprint density at radius 3 is 2.44 bits per heavy atom. The summed E-state index contributed by atoms with van der Waals surface area (Å²) in [5.74, 6) is 0.598. The third kappa shape index (κ3) is 1.47. The maximum absolute atomic E-state index is 14.6. The summed E-state index contributed by atoms with van der Waals surface area (Å²) in [4.78, 5) is 0. The van der Waals surface area contributed by atoms with Crippen molar-refractivity contribution < 1.29 is 4.39 Å². The van der Waals surface area contributed by atoms with E-state index in [1.807, 2.05) is 18.2 Å². The maximum atomic E-state index is 14.6. The SMILES string of the molecule is NC1CC(F)(c2ccccc2C2CCC2)C1. The fourth-order valence-electron chi connectivity index (χ4n) is 2.97. The number of hydrogen-bond acceptors (Lipinski definition) is 1. The summed E-state index contributed by atoms with van der Waals surface area (Å²) in [5.41, 5.74) is 6.75. The van der Waals surface area contributed by atoms with E-state index in [4.69, 9.17) is 5.73 Å². The Labute approximate surface area is 95.8 Å². The number of nitrogens with two attached hydrogens (primary N) is 1. The molecular weight excluding hydrogens is 201 g/mol. The van der Waals surface area contributed by atoms with Crippen LogP contribution in [0.3, 0.4) is 0 Å². The van der Waals surface area contributed by atoms with Crippen molar-refractivity contribution in [2.75, 3.05) is 0 Å². The van der Waals surface area contributed by atoms with Crippen LogP contribution >= 0.6 is 0 Å². The molecule has 2 N–H and O–H groups in total. The summed E-state index contributed by atoms with van der Waals surface area (Å²) in [7, 11) is 0. The molecule has 0 aromatic heterocycles. The Morgan fingerprint density at radius 2 is 1.88 bits per heavy atom. The Morgan fingerprint density at radius 1 is 1.19 bits per heavy atom. The molecule has 0 heterocycles. The summed E-state index contributed by atoms with van der Waals surface area (Å²) >= 11 is 0. The molecule has 2 aliphatic rings. The van der Waals surface area contributed by atoms with Crippen LogP contribution in [0.4, 0.5) is 4.39 Å². The van der Waals surface area contributed by atoms with Gasteiger partial charge in [-0.3, -0.25) is 0 Å². The second kappa shape index (κ2) is 3.56. The van der Waals surface area contributed by atoms with E-state index in [0.717, 1.165) is 5.56 Å². The molecule has 2 saturated carbocycles. The molecule has 0 saturated heterocycles. The maximum Gasteiger partial charge on any atom is 0.139 e. The standard InChI is InChI=1S/C14H18FN/c15-14(8-11(16)9-14)13-7-2-1-6-12(13)10-4-3-5-10/h1-2,6-7,10-11H,3-5,8-9,16H2.